The topological polar surface area (TPSA) is 73.5 Å². The quantitative estimate of drug-likeness (QED) is 0.304. The number of H-pyrrole nitrogens is 2. The van der Waals surface area contributed by atoms with Gasteiger partial charge in [0.2, 0.25) is 0 Å². The van der Waals surface area contributed by atoms with E-state index in [1.54, 1.807) is 24.5 Å². The molecular formula is C29H25FN6. The highest BCUT2D eigenvalue weighted by Crippen LogP contribution is 2.34. The van der Waals surface area contributed by atoms with E-state index in [0.29, 0.717) is 28.2 Å². The van der Waals surface area contributed by atoms with Gasteiger partial charge in [0.15, 0.2) is 5.82 Å². The summed E-state index contributed by atoms with van der Waals surface area (Å²) in [6, 6.07) is 19.6. The monoisotopic (exact) mass is 476 g/mol. The highest BCUT2D eigenvalue weighted by molar-refractivity contribution is 5.98. The molecule has 36 heavy (non-hydrogen) atoms. The predicted octanol–water partition coefficient (Wildman–Crippen LogP) is 6.34. The first kappa shape index (κ1) is 22.1. The lowest BCUT2D eigenvalue weighted by Gasteiger charge is -2.12. The van der Waals surface area contributed by atoms with Crippen LogP contribution in [0.25, 0.3) is 55.7 Å². The van der Waals surface area contributed by atoms with Crippen molar-refractivity contribution in [3.8, 4) is 33.8 Å². The van der Waals surface area contributed by atoms with Gasteiger partial charge in [0.05, 0.1) is 17.2 Å². The summed E-state index contributed by atoms with van der Waals surface area (Å²) in [5.74, 6) is 0.300. The lowest BCUT2D eigenvalue weighted by molar-refractivity contribution is 0.402. The number of aromatic nitrogens is 5. The molecule has 2 N–H and O–H groups in total. The Bertz CT molecular complexity index is 1730. The normalized spacial score (nSPS) is 11.7. The van der Waals surface area contributed by atoms with Gasteiger partial charge in [0, 0.05) is 29.3 Å². The third-order valence-electron chi connectivity index (χ3n) is 6.31. The van der Waals surface area contributed by atoms with Gasteiger partial charge in [-0.2, -0.15) is 5.10 Å². The third-order valence-corrected chi connectivity index (χ3v) is 6.31. The summed E-state index contributed by atoms with van der Waals surface area (Å²) in [5.41, 5.74) is 8.89. The maximum absolute atomic E-state index is 14.5. The number of hydrogen-bond donors (Lipinski definition) is 2. The van der Waals surface area contributed by atoms with Crippen LogP contribution < -0.4 is 0 Å². The van der Waals surface area contributed by atoms with Crippen molar-refractivity contribution < 1.29 is 4.39 Å². The Hall–Kier alpha value is -4.36. The number of aryl methyl sites for hydroxylation is 1. The molecule has 0 aliphatic carbocycles. The van der Waals surface area contributed by atoms with Crippen molar-refractivity contribution in [1.82, 2.24) is 30.0 Å². The zero-order chi connectivity index (χ0) is 24.8. The molecule has 0 spiro atoms. The number of imidazole rings is 1. The van der Waals surface area contributed by atoms with Gasteiger partial charge in [-0.05, 0) is 62.0 Å². The van der Waals surface area contributed by atoms with Crippen molar-refractivity contribution in [3.05, 3.63) is 90.0 Å². The smallest absolute Gasteiger partial charge is 0.159 e. The van der Waals surface area contributed by atoms with E-state index in [-0.39, 0.29) is 5.82 Å². The summed E-state index contributed by atoms with van der Waals surface area (Å²) in [5, 5.41) is 8.65. The van der Waals surface area contributed by atoms with Gasteiger partial charge in [0.1, 0.15) is 17.0 Å². The van der Waals surface area contributed by atoms with Gasteiger partial charge in [-0.3, -0.25) is 10.1 Å². The lowest BCUT2D eigenvalue weighted by atomic mass is 9.98. The fourth-order valence-electron chi connectivity index (χ4n) is 4.78. The van der Waals surface area contributed by atoms with Gasteiger partial charge in [-0.15, -0.1) is 0 Å². The molecule has 0 radical (unpaired) electrons. The first-order chi connectivity index (χ1) is 17.5. The number of hydrogen-bond acceptors (Lipinski definition) is 4. The first-order valence-corrected chi connectivity index (χ1v) is 11.8. The number of aromatic amines is 2. The zero-order valence-electron chi connectivity index (χ0n) is 20.3. The number of halogens is 1. The van der Waals surface area contributed by atoms with Gasteiger partial charge in [-0.1, -0.05) is 42.0 Å². The number of pyridine rings is 1. The van der Waals surface area contributed by atoms with Crippen molar-refractivity contribution in [2.75, 3.05) is 14.1 Å². The van der Waals surface area contributed by atoms with Crippen LogP contribution >= 0.6 is 0 Å². The number of nitrogens with zero attached hydrogens (tertiary/aromatic N) is 4. The Labute approximate surface area is 207 Å². The fraction of sp³-hybridized carbons (Fsp3) is 0.138. The summed E-state index contributed by atoms with van der Waals surface area (Å²) < 4.78 is 14.5. The van der Waals surface area contributed by atoms with Gasteiger partial charge in [-0.25, -0.2) is 9.37 Å². The molecule has 3 aromatic carbocycles. The van der Waals surface area contributed by atoms with Crippen LogP contribution in [0.4, 0.5) is 4.39 Å². The van der Waals surface area contributed by atoms with E-state index in [4.69, 9.17) is 4.98 Å². The average Bonchev–Trinajstić information content (AvgIpc) is 3.47. The zero-order valence-corrected chi connectivity index (χ0v) is 20.3. The molecule has 0 aliphatic heterocycles. The van der Waals surface area contributed by atoms with Crippen molar-refractivity contribution in [2.45, 2.75) is 13.5 Å². The van der Waals surface area contributed by atoms with E-state index >= 15 is 0 Å². The minimum absolute atomic E-state index is 0.307. The molecule has 0 unspecified atom stereocenters. The first-order valence-electron chi connectivity index (χ1n) is 11.8. The van der Waals surface area contributed by atoms with Gasteiger partial charge in [0.25, 0.3) is 0 Å². The van der Waals surface area contributed by atoms with Crippen LogP contribution in [0.15, 0.2) is 73.1 Å². The Kier molecular flexibility index (Phi) is 5.34. The number of nitrogens with one attached hydrogen (secondary N) is 2. The standard InChI is InChI=1S/C29H25FN6/c1-17-10-18(16-36(2)3)12-20(11-17)19-8-9-25-22(13-19)28(35-34-25)29-32-26-15-31-14-23(27(26)33-29)21-6-4-5-7-24(21)30/h4-15H,16H2,1-3H3,(H,32,33)(H,34,35). The Morgan fingerprint density at radius 2 is 1.75 bits per heavy atom. The van der Waals surface area contributed by atoms with E-state index in [9.17, 15) is 4.39 Å². The van der Waals surface area contributed by atoms with Crippen LogP contribution in [0.5, 0.6) is 0 Å². The molecule has 0 amide bonds. The summed E-state index contributed by atoms with van der Waals surface area (Å²) >= 11 is 0. The Balaban J connectivity index is 1.47. The van der Waals surface area contributed by atoms with Crippen LogP contribution in [0.1, 0.15) is 11.1 Å². The van der Waals surface area contributed by atoms with Crippen molar-refractivity contribution in [2.24, 2.45) is 0 Å². The molecule has 178 valence electrons. The lowest BCUT2D eigenvalue weighted by Crippen LogP contribution is -2.10. The molecule has 0 atom stereocenters. The molecule has 3 aromatic heterocycles. The maximum atomic E-state index is 14.5. The van der Waals surface area contributed by atoms with Gasteiger partial charge < -0.3 is 9.88 Å². The van der Waals surface area contributed by atoms with Crippen LogP contribution in [-0.4, -0.2) is 44.1 Å². The average molecular weight is 477 g/mol. The van der Waals surface area contributed by atoms with Crippen molar-refractivity contribution >= 4 is 21.9 Å². The molecule has 6 nitrogen and oxygen atoms in total. The second-order valence-electron chi connectivity index (χ2n) is 9.43. The van der Waals surface area contributed by atoms with E-state index in [1.165, 1.54) is 17.2 Å². The summed E-state index contributed by atoms with van der Waals surface area (Å²) in [7, 11) is 4.15. The molecule has 6 aromatic rings. The molecular weight excluding hydrogens is 451 g/mol. The van der Waals surface area contributed by atoms with E-state index in [1.807, 2.05) is 12.1 Å². The van der Waals surface area contributed by atoms with Crippen LogP contribution in [0, 0.1) is 12.7 Å². The molecule has 0 bridgehead atoms. The minimum Gasteiger partial charge on any atom is -0.335 e. The fourth-order valence-corrected chi connectivity index (χ4v) is 4.78. The highest BCUT2D eigenvalue weighted by Gasteiger charge is 2.17. The second-order valence-corrected chi connectivity index (χ2v) is 9.43. The molecule has 0 aliphatic rings. The van der Waals surface area contributed by atoms with Crippen molar-refractivity contribution in [3.63, 3.8) is 0 Å². The van der Waals surface area contributed by atoms with E-state index < -0.39 is 0 Å². The Morgan fingerprint density at radius 1 is 0.889 bits per heavy atom. The largest absolute Gasteiger partial charge is 0.335 e. The highest BCUT2D eigenvalue weighted by atomic mass is 19.1. The summed E-state index contributed by atoms with van der Waals surface area (Å²) in [6.07, 6.45) is 3.35. The molecule has 0 saturated heterocycles. The molecule has 0 fully saturated rings. The van der Waals surface area contributed by atoms with E-state index in [0.717, 1.165) is 34.1 Å². The number of rotatable bonds is 5. The molecule has 3 heterocycles. The summed E-state index contributed by atoms with van der Waals surface area (Å²) in [4.78, 5) is 14.6. The Morgan fingerprint density at radius 3 is 2.58 bits per heavy atom. The van der Waals surface area contributed by atoms with Gasteiger partial charge >= 0.3 is 0 Å². The third kappa shape index (κ3) is 3.93. The number of fused-ring (bicyclic) bond motifs is 2. The maximum Gasteiger partial charge on any atom is 0.159 e. The van der Waals surface area contributed by atoms with Crippen molar-refractivity contribution in [1.29, 1.82) is 0 Å². The van der Waals surface area contributed by atoms with Crippen LogP contribution in [-0.2, 0) is 6.54 Å². The molecule has 6 rings (SSSR count). The second kappa shape index (κ2) is 8.70. The number of benzene rings is 3. The molecule has 7 heteroatoms. The minimum atomic E-state index is -0.307. The SMILES string of the molecule is Cc1cc(CN(C)C)cc(-c2ccc3[nH]nc(-c4nc5c(-c6ccccc6F)cncc5[nH]4)c3c2)c1. The summed E-state index contributed by atoms with van der Waals surface area (Å²) in [6.45, 7) is 3.01. The predicted molar refractivity (Wildman–Crippen MR) is 142 cm³/mol. The van der Waals surface area contributed by atoms with Crippen LogP contribution in [0.2, 0.25) is 0 Å². The molecule has 0 saturated carbocycles. The van der Waals surface area contributed by atoms with E-state index in [2.05, 4.69) is 76.4 Å². The van der Waals surface area contributed by atoms with Crippen LogP contribution in [0.3, 0.4) is 0 Å².